The largest absolute Gasteiger partial charge is 0.573 e. The third-order valence-electron chi connectivity index (χ3n) is 4.40. The van der Waals surface area contributed by atoms with Gasteiger partial charge in [-0.3, -0.25) is 9.69 Å². The minimum absolute atomic E-state index is 0.0713. The highest BCUT2D eigenvalue weighted by molar-refractivity contribution is 5.88. The van der Waals surface area contributed by atoms with Gasteiger partial charge in [0.1, 0.15) is 11.3 Å². The highest BCUT2D eigenvalue weighted by atomic mass is 19.4. The van der Waals surface area contributed by atoms with Gasteiger partial charge in [-0.2, -0.15) is 0 Å². The normalized spacial score (nSPS) is 25.7. The van der Waals surface area contributed by atoms with Gasteiger partial charge in [-0.25, -0.2) is 0 Å². The van der Waals surface area contributed by atoms with Crippen LogP contribution in [0.4, 0.5) is 13.2 Å². The Morgan fingerprint density at radius 3 is 2.55 bits per heavy atom. The van der Waals surface area contributed by atoms with Gasteiger partial charge < -0.3 is 10.1 Å². The second-order valence-corrected chi connectivity index (χ2v) is 5.75. The van der Waals surface area contributed by atoms with Crippen LogP contribution in [0.5, 0.6) is 5.75 Å². The number of alkyl halides is 3. The van der Waals surface area contributed by atoms with Crippen molar-refractivity contribution in [2.75, 3.05) is 13.1 Å². The van der Waals surface area contributed by atoms with Gasteiger partial charge in [-0.15, -0.1) is 13.2 Å². The smallest absolute Gasteiger partial charge is 0.406 e. The summed E-state index contributed by atoms with van der Waals surface area (Å²) in [5, 5.41) is 2.88. The Kier molecular flexibility index (Phi) is 3.76. The summed E-state index contributed by atoms with van der Waals surface area (Å²) in [5.41, 5.74) is 0.441. The summed E-state index contributed by atoms with van der Waals surface area (Å²) in [6.45, 7) is 2.07. The summed E-state index contributed by atoms with van der Waals surface area (Å²) in [4.78, 5) is 14.2. The molecule has 1 aromatic carbocycles. The number of benzene rings is 1. The van der Waals surface area contributed by atoms with Crippen molar-refractivity contribution in [1.82, 2.24) is 10.2 Å². The highest BCUT2D eigenvalue weighted by Crippen LogP contribution is 2.36. The van der Waals surface area contributed by atoms with Crippen LogP contribution in [0.25, 0.3) is 0 Å². The molecule has 2 aliphatic rings. The Bertz CT molecular complexity index is 555. The number of amides is 1. The molecule has 4 nitrogen and oxygen atoms in total. The van der Waals surface area contributed by atoms with Crippen LogP contribution >= 0.6 is 0 Å². The molecule has 2 saturated heterocycles. The molecule has 1 atom stereocenters. The quantitative estimate of drug-likeness (QED) is 0.932. The molecule has 0 aromatic heterocycles. The van der Waals surface area contributed by atoms with Crippen LogP contribution in [0, 0.1) is 0 Å². The summed E-state index contributed by atoms with van der Waals surface area (Å²) in [5.74, 6) is -0.159. The summed E-state index contributed by atoms with van der Waals surface area (Å²) < 4.78 is 40.3. The molecule has 0 saturated carbocycles. The van der Waals surface area contributed by atoms with Crippen LogP contribution in [0.2, 0.25) is 0 Å². The maximum absolute atomic E-state index is 12.1. The van der Waals surface area contributed by atoms with Gasteiger partial charge in [0.05, 0.1) is 0 Å². The number of halogens is 3. The average Bonchev–Trinajstić information content (AvgIpc) is 3.00. The predicted molar refractivity (Wildman–Crippen MR) is 73.1 cm³/mol. The molecule has 120 valence electrons. The fourth-order valence-corrected chi connectivity index (χ4v) is 3.38. The lowest BCUT2D eigenvalue weighted by Gasteiger charge is -2.32. The second-order valence-electron chi connectivity index (χ2n) is 5.75. The van der Waals surface area contributed by atoms with Crippen LogP contribution in [0.3, 0.4) is 0 Å². The van der Waals surface area contributed by atoms with Crippen LogP contribution in [-0.4, -0.2) is 35.8 Å². The van der Waals surface area contributed by atoms with Crippen LogP contribution in [0.15, 0.2) is 24.3 Å². The van der Waals surface area contributed by atoms with E-state index in [1.807, 2.05) is 0 Å². The van der Waals surface area contributed by atoms with Gasteiger partial charge in [0.15, 0.2) is 0 Å². The number of carbonyl (C=O) groups excluding carboxylic acids is 1. The van der Waals surface area contributed by atoms with E-state index in [4.69, 9.17) is 0 Å². The van der Waals surface area contributed by atoms with Crippen LogP contribution in [0.1, 0.15) is 24.8 Å². The molecule has 1 aromatic rings. The molecule has 2 aliphatic heterocycles. The van der Waals surface area contributed by atoms with Gasteiger partial charge in [-0.05, 0) is 43.5 Å². The Morgan fingerprint density at radius 2 is 1.95 bits per heavy atom. The molecule has 2 heterocycles. The zero-order valence-electron chi connectivity index (χ0n) is 11.9. The molecule has 2 fully saturated rings. The molecule has 0 bridgehead atoms. The summed E-state index contributed by atoms with van der Waals surface area (Å²) >= 11 is 0. The minimum atomic E-state index is -4.68. The first-order valence-corrected chi connectivity index (χ1v) is 7.27. The number of hydrogen-bond acceptors (Lipinski definition) is 3. The summed E-state index contributed by atoms with van der Waals surface area (Å²) in [7, 11) is 0. The molecule has 22 heavy (non-hydrogen) atoms. The molecular formula is C15H17F3N2O2. The van der Waals surface area contributed by atoms with E-state index in [1.54, 1.807) is 12.1 Å². The Labute approximate surface area is 126 Å². The number of likely N-dealkylation sites (tertiary alicyclic amines) is 1. The molecule has 0 radical (unpaired) electrons. The van der Waals surface area contributed by atoms with Gasteiger partial charge in [0, 0.05) is 13.1 Å². The Balaban J connectivity index is 1.69. The molecule has 0 unspecified atom stereocenters. The average molecular weight is 314 g/mol. The Hall–Kier alpha value is -1.76. The van der Waals surface area contributed by atoms with Gasteiger partial charge in [0.25, 0.3) is 0 Å². The van der Waals surface area contributed by atoms with Crippen molar-refractivity contribution < 1.29 is 22.7 Å². The van der Waals surface area contributed by atoms with Gasteiger partial charge in [0.2, 0.25) is 5.91 Å². The molecule has 7 heteroatoms. The van der Waals surface area contributed by atoms with E-state index in [9.17, 15) is 18.0 Å². The fourth-order valence-electron chi connectivity index (χ4n) is 3.38. The van der Waals surface area contributed by atoms with Crippen molar-refractivity contribution in [3.8, 4) is 5.75 Å². The standard InChI is InChI=1S/C15H17F3N2O2/c16-15(17,18)22-12-4-2-11(3-5-12)10-20-9-1-6-14(20)7-8-19-13(14)21/h2-5H,1,6-10H2,(H,19,21)/t14-/m0/s1. The molecular weight excluding hydrogens is 297 g/mol. The van der Waals surface area contributed by atoms with Crippen molar-refractivity contribution in [3.05, 3.63) is 29.8 Å². The molecule has 1 spiro atoms. The van der Waals surface area contributed by atoms with Crippen LogP contribution in [-0.2, 0) is 11.3 Å². The molecule has 1 N–H and O–H groups in total. The zero-order valence-corrected chi connectivity index (χ0v) is 11.9. The first-order chi connectivity index (χ1) is 10.4. The van der Waals surface area contributed by atoms with E-state index in [0.29, 0.717) is 13.1 Å². The number of carbonyl (C=O) groups is 1. The fraction of sp³-hybridized carbons (Fsp3) is 0.533. The van der Waals surface area contributed by atoms with Gasteiger partial charge >= 0.3 is 6.36 Å². The maximum Gasteiger partial charge on any atom is 0.573 e. The maximum atomic E-state index is 12.1. The van der Waals surface area contributed by atoms with E-state index < -0.39 is 11.9 Å². The molecule has 1 amide bonds. The highest BCUT2D eigenvalue weighted by Gasteiger charge is 2.49. The third-order valence-corrected chi connectivity index (χ3v) is 4.40. The van der Waals surface area contributed by atoms with Gasteiger partial charge in [-0.1, -0.05) is 12.1 Å². The third kappa shape index (κ3) is 2.90. The number of ether oxygens (including phenoxy) is 1. The lowest BCUT2D eigenvalue weighted by molar-refractivity contribution is -0.274. The SMILES string of the molecule is O=C1NCC[C@@]12CCCN2Cc1ccc(OC(F)(F)F)cc1. The number of hydrogen-bond donors (Lipinski definition) is 1. The lowest BCUT2D eigenvalue weighted by Crippen LogP contribution is -2.49. The first kappa shape index (κ1) is 15.1. The topological polar surface area (TPSA) is 41.6 Å². The van der Waals surface area contributed by atoms with Crippen molar-refractivity contribution >= 4 is 5.91 Å². The van der Waals surface area contributed by atoms with E-state index >= 15 is 0 Å². The monoisotopic (exact) mass is 314 g/mol. The Morgan fingerprint density at radius 1 is 1.23 bits per heavy atom. The number of nitrogens with zero attached hydrogens (tertiary/aromatic N) is 1. The van der Waals surface area contributed by atoms with Crippen molar-refractivity contribution in [3.63, 3.8) is 0 Å². The first-order valence-electron chi connectivity index (χ1n) is 7.27. The second kappa shape index (κ2) is 5.46. The zero-order chi connectivity index (χ0) is 15.8. The van der Waals surface area contributed by atoms with Crippen molar-refractivity contribution in [2.24, 2.45) is 0 Å². The van der Waals surface area contributed by atoms with Crippen LogP contribution < -0.4 is 10.1 Å². The lowest BCUT2D eigenvalue weighted by atomic mass is 9.94. The predicted octanol–water partition coefficient (Wildman–Crippen LogP) is 2.44. The number of rotatable bonds is 3. The molecule has 3 rings (SSSR count). The number of nitrogens with one attached hydrogen (secondary N) is 1. The summed E-state index contributed by atoms with van der Waals surface area (Å²) in [6.07, 6.45) is -2.08. The minimum Gasteiger partial charge on any atom is -0.406 e. The molecule has 0 aliphatic carbocycles. The summed E-state index contributed by atoms with van der Waals surface area (Å²) in [6, 6.07) is 5.83. The van der Waals surface area contributed by atoms with Crippen molar-refractivity contribution in [1.29, 1.82) is 0 Å². The van der Waals surface area contributed by atoms with E-state index in [-0.39, 0.29) is 11.7 Å². The van der Waals surface area contributed by atoms with Crippen molar-refractivity contribution in [2.45, 2.75) is 37.7 Å². The van der Waals surface area contributed by atoms with E-state index in [2.05, 4.69) is 15.0 Å². The van der Waals surface area contributed by atoms with E-state index in [0.717, 1.165) is 31.4 Å². The van der Waals surface area contributed by atoms with E-state index in [1.165, 1.54) is 12.1 Å².